The van der Waals surface area contributed by atoms with Crippen LogP contribution in [0.5, 0.6) is 5.75 Å². The minimum absolute atomic E-state index is 0. The second kappa shape index (κ2) is 11.7. The van der Waals surface area contributed by atoms with E-state index in [-0.39, 0.29) is 24.0 Å². The van der Waals surface area contributed by atoms with Gasteiger partial charge in [-0.1, -0.05) is 42.5 Å². The van der Waals surface area contributed by atoms with Gasteiger partial charge in [0.25, 0.3) is 0 Å². The number of ether oxygens (including phenoxy) is 1. The molecule has 0 aliphatic rings. The van der Waals surface area contributed by atoms with Gasteiger partial charge in [-0.3, -0.25) is 0 Å². The quantitative estimate of drug-likeness (QED) is 0.390. The molecule has 2 N–H and O–H groups in total. The fourth-order valence-electron chi connectivity index (χ4n) is 2.10. The number of guanidine groups is 1. The van der Waals surface area contributed by atoms with Crippen LogP contribution in [0.25, 0.3) is 0 Å². The Labute approximate surface area is 161 Å². The van der Waals surface area contributed by atoms with E-state index in [2.05, 4.69) is 53.7 Å². The van der Waals surface area contributed by atoms with Crippen LogP contribution in [-0.2, 0) is 13.2 Å². The summed E-state index contributed by atoms with van der Waals surface area (Å²) >= 11 is 0. The average Bonchev–Trinajstić information content (AvgIpc) is 2.60. The van der Waals surface area contributed by atoms with E-state index >= 15 is 0 Å². The maximum Gasteiger partial charge on any atom is 0.191 e. The number of hydrogen-bond acceptors (Lipinski definition) is 2. The van der Waals surface area contributed by atoms with E-state index in [0.29, 0.717) is 13.2 Å². The number of rotatable bonds is 7. The molecule has 0 aliphatic heterocycles. The van der Waals surface area contributed by atoms with Crippen molar-refractivity contribution < 1.29 is 4.74 Å². The first-order chi connectivity index (χ1) is 11.3. The topological polar surface area (TPSA) is 45.7 Å². The Bertz CT molecular complexity index is 592. The second-order valence-corrected chi connectivity index (χ2v) is 5.14. The molecule has 0 amide bonds. The fourth-order valence-corrected chi connectivity index (χ4v) is 2.10. The Kier molecular flexibility index (Phi) is 9.91. The van der Waals surface area contributed by atoms with Gasteiger partial charge in [-0.2, -0.15) is 0 Å². The van der Waals surface area contributed by atoms with Gasteiger partial charge in [-0.15, -0.1) is 24.0 Å². The highest BCUT2D eigenvalue weighted by molar-refractivity contribution is 14.0. The van der Waals surface area contributed by atoms with Crippen LogP contribution in [0.1, 0.15) is 25.0 Å². The number of hydrogen-bond donors (Lipinski definition) is 2. The van der Waals surface area contributed by atoms with Gasteiger partial charge in [-0.05, 0) is 37.1 Å². The lowest BCUT2D eigenvalue weighted by molar-refractivity contribution is 0.306. The molecule has 0 saturated carbocycles. The second-order valence-electron chi connectivity index (χ2n) is 5.14. The van der Waals surface area contributed by atoms with Crippen molar-refractivity contribution in [1.29, 1.82) is 0 Å². The lowest BCUT2D eigenvalue weighted by Crippen LogP contribution is -2.36. The van der Waals surface area contributed by atoms with Crippen molar-refractivity contribution in [2.75, 3.05) is 13.1 Å². The van der Waals surface area contributed by atoms with Gasteiger partial charge in [0.05, 0.1) is 6.54 Å². The molecule has 0 radical (unpaired) electrons. The van der Waals surface area contributed by atoms with Crippen molar-refractivity contribution in [3.63, 3.8) is 0 Å². The average molecular weight is 439 g/mol. The zero-order chi connectivity index (χ0) is 16.3. The molecule has 2 aromatic carbocycles. The summed E-state index contributed by atoms with van der Waals surface area (Å²) in [5.74, 6) is 1.74. The molecule has 130 valence electrons. The van der Waals surface area contributed by atoms with E-state index in [1.807, 2.05) is 30.3 Å². The summed E-state index contributed by atoms with van der Waals surface area (Å²) in [5, 5.41) is 6.45. The maximum absolute atomic E-state index is 5.75. The number of halogens is 1. The molecular formula is C19H26IN3O. The monoisotopic (exact) mass is 439 g/mol. The summed E-state index contributed by atoms with van der Waals surface area (Å²) < 4.78 is 5.75. The van der Waals surface area contributed by atoms with Gasteiger partial charge >= 0.3 is 0 Å². The third kappa shape index (κ3) is 7.21. The van der Waals surface area contributed by atoms with Crippen LogP contribution in [0, 0.1) is 0 Å². The highest BCUT2D eigenvalue weighted by Gasteiger charge is 1.98. The van der Waals surface area contributed by atoms with Gasteiger partial charge in [0, 0.05) is 13.1 Å². The van der Waals surface area contributed by atoms with Crippen LogP contribution < -0.4 is 15.4 Å². The third-order valence-corrected chi connectivity index (χ3v) is 3.28. The summed E-state index contributed by atoms with van der Waals surface area (Å²) in [7, 11) is 0. The number of nitrogens with zero attached hydrogens (tertiary/aromatic N) is 1. The van der Waals surface area contributed by atoms with Gasteiger partial charge in [0.2, 0.25) is 0 Å². The Balaban J connectivity index is 0.00000288. The lowest BCUT2D eigenvalue weighted by atomic mass is 10.1. The van der Waals surface area contributed by atoms with Gasteiger partial charge in [-0.25, -0.2) is 4.99 Å². The number of para-hydroxylation sites is 1. The highest BCUT2D eigenvalue weighted by atomic mass is 127. The normalized spacial score (nSPS) is 9.58. The minimum Gasteiger partial charge on any atom is -0.489 e. The summed E-state index contributed by atoms with van der Waals surface area (Å²) in [6, 6.07) is 18.2. The first-order valence-corrected chi connectivity index (χ1v) is 8.09. The summed E-state index contributed by atoms with van der Waals surface area (Å²) in [5.41, 5.74) is 2.34. The molecular weight excluding hydrogens is 413 g/mol. The summed E-state index contributed by atoms with van der Waals surface area (Å²) in [4.78, 5) is 4.56. The molecule has 5 heteroatoms. The molecule has 24 heavy (non-hydrogen) atoms. The molecule has 2 aromatic rings. The minimum atomic E-state index is 0. The van der Waals surface area contributed by atoms with Crippen molar-refractivity contribution in [3.8, 4) is 5.75 Å². The summed E-state index contributed by atoms with van der Waals surface area (Å²) in [6.07, 6.45) is 0. The molecule has 0 aliphatic carbocycles. The Hall–Kier alpha value is -1.76. The molecule has 0 aromatic heterocycles. The smallest absolute Gasteiger partial charge is 0.191 e. The van der Waals surface area contributed by atoms with E-state index in [1.54, 1.807) is 0 Å². The Morgan fingerprint density at radius 1 is 0.875 bits per heavy atom. The molecule has 0 atom stereocenters. The molecule has 0 fully saturated rings. The molecule has 0 spiro atoms. The number of nitrogens with one attached hydrogen (secondary N) is 2. The van der Waals surface area contributed by atoms with Crippen molar-refractivity contribution in [3.05, 3.63) is 65.7 Å². The van der Waals surface area contributed by atoms with E-state index in [1.165, 1.54) is 5.56 Å². The van der Waals surface area contributed by atoms with E-state index in [4.69, 9.17) is 4.74 Å². The first-order valence-electron chi connectivity index (χ1n) is 8.09. The zero-order valence-electron chi connectivity index (χ0n) is 14.3. The van der Waals surface area contributed by atoms with Crippen LogP contribution in [0.15, 0.2) is 59.6 Å². The number of benzene rings is 2. The van der Waals surface area contributed by atoms with E-state index < -0.39 is 0 Å². The molecule has 0 heterocycles. The molecule has 0 saturated heterocycles. The fraction of sp³-hybridized carbons (Fsp3) is 0.316. The van der Waals surface area contributed by atoms with Crippen molar-refractivity contribution in [1.82, 2.24) is 10.6 Å². The van der Waals surface area contributed by atoms with Crippen molar-refractivity contribution >= 4 is 29.9 Å². The summed E-state index contributed by atoms with van der Waals surface area (Å²) in [6.45, 7) is 7.09. The van der Waals surface area contributed by atoms with Crippen LogP contribution >= 0.6 is 24.0 Å². The van der Waals surface area contributed by atoms with Gasteiger partial charge < -0.3 is 15.4 Å². The Morgan fingerprint density at radius 2 is 1.46 bits per heavy atom. The van der Waals surface area contributed by atoms with E-state index in [0.717, 1.165) is 30.4 Å². The largest absolute Gasteiger partial charge is 0.489 e. The third-order valence-electron chi connectivity index (χ3n) is 3.28. The standard InChI is InChI=1S/C19H25N3O.HI/c1-3-20-19(21-4-2)22-14-16-10-12-17(13-11-16)15-23-18-8-6-5-7-9-18;/h5-13H,3-4,14-15H2,1-2H3,(H2,20,21,22);1H. The van der Waals surface area contributed by atoms with Crippen LogP contribution in [0.3, 0.4) is 0 Å². The zero-order valence-corrected chi connectivity index (χ0v) is 16.6. The van der Waals surface area contributed by atoms with Crippen LogP contribution in [-0.4, -0.2) is 19.0 Å². The van der Waals surface area contributed by atoms with Crippen molar-refractivity contribution in [2.24, 2.45) is 4.99 Å². The first kappa shape index (κ1) is 20.3. The van der Waals surface area contributed by atoms with Crippen LogP contribution in [0.2, 0.25) is 0 Å². The molecule has 0 unspecified atom stereocenters. The van der Waals surface area contributed by atoms with Gasteiger partial charge in [0.15, 0.2) is 5.96 Å². The molecule has 0 bridgehead atoms. The van der Waals surface area contributed by atoms with Crippen molar-refractivity contribution in [2.45, 2.75) is 27.0 Å². The molecule has 4 nitrogen and oxygen atoms in total. The van der Waals surface area contributed by atoms with Gasteiger partial charge in [0.1, 0.15) is 12.4 Å². The highest BCUT2D eigenvalue weighted by Crippen LogP contribution is 2.12. The SMILES string of the molecule is CCNC(=NCc1ccc(COc2ccccc2)cc1)NCC.I. The van der Waals surface area contributed by atoms with E-state index in [9.17, 15) is 0 Å². The maximum atomic E-state index is 5.75. The lowest BCUT2D eigenvalue weighted by Gasteiger charge is -2.09. The van der Waals surface area contributed by atoms with Crippen LogP contribution in [0.4, 0.5) is 0 Å². The molecule has 2 rings (SSSR count). The predicted octanol–water partition coefficient (Wildman–Crippen LogP) is 3.96. The predicted molar refractivity (Wildman–Crippen MR) is 111 cm³/mol. The number of aliphatic imine (C=N–C) groups is 1. The Morgan fingerprint density at radius 3 is 2.04 bits per heavy atom.